The van der Waals surface area contributed by atoms with Crippen LogP contribution >= 0.6 is 22.7 Å². The molecule has 0 amide bonds. The molecule has 0 aliphatic rings. The zero-order chi connectivity index (χ0) is 38.2. The molecule has 0 spiro atoms. The van der Waals surface area contributed by atoms with E-state index in [9.17, 15) is 0 Å². The summed E-state index contributed by atoms with van der Waals surface area (Å²) in [6.45, 7) is 0. The first-order valence-corrected chi connectivity index (χ1v) is 21.2. The van der Waals surface area contributed by atoms with Gasteiger partial charge in [-0.1, -0.05) is 152 Å². The molecular weight excluding hydrogens is 743 g/mol. The molecule has 58 heavy (non-hydrogen) atoms. The summed E-state index contributed by atoms with van der Waals surface area (Å²) >= 11 is 3.75. The van der Waals surface area contributed by atoms with Gasteiger partial charge in [0.2, 0.25) is 0 Å². The molecule has 3 heterocycles. The number of nitrogens with zero attached hydrogens (tertiary/aromatic N) is 1. The second kappa shape index (κ2) is 13.3. The van der Waals surface area contributed by atoms with Crippen LogP contribution in [0.1, 0.15) is 0 Å². The number of thiophene rings is 2. The summed E-state index contributed by atoms with van der Waals surface area (Å²) in [5.41, 5.74) is 12.4. The molecule has 0 atom stereocenters. The standard InChI is InChI=1S/C54H33NOS2/c1-3-13-35(14-4-1)39-18-9-20-41-45-33-37(29-32-48(45)56-52(39)41)34-27-30-38(31-28-34)55(46-23-12-26-50-51(46)44-17-7-8-25-49(44)57-50)47-24-11-22-43-42-21-10-19-40(53(42)58-54(43)47)36-15-5-2-6-16-36/h1-33H. The number of hydrogen-bond donors (Lipinski definition) is 0. The molecule has 12 rings (SSSR count). The van der Waals surface area contributed by atoms with Crippen LogP contribution in [0.4, 0.5) is 17.1 Å². The van der Waals surface area contributed by atoms with Crippen molar-refractivity contribution in [3.05, 3.63) is 200 Å². The predicted octanol–water partition coefficient (Wildman–Crippen LogP) is 16.8. The van der Waals surface area contributed by atoms with Gasteiger partial charge >= 0.3 is 0 Å². The van der Waals surface area contributed by atoms with E-state index in [4.69, 9.17) is 4.42 Å². The summed E-state index contributed by atoms with van der Waals surface area (Å²) in [7, 11) is 0. The van der Waals surface area contributed by atoms with Crippen molar-refractivity contribution >= 4 is 102 Å². The quantitative estimate of drug-likeness (QED) is 0.167. The smallest absolute Gasteiger partial charge is 0.143 e. The minimum Gasteiger partial charge on any atom is -0.455 e. The maximum Gasteiger partial charge on any atom is 0.143 e. The largest absolute Gasteiger partial charge is 0.455 e. The third-order valence-corrected chi connectivity index (χ3v) is 13.9. The number of furan rings is 1. The molecule has 9 aromatic carbocycles. The second-order valence-electron chi connectivity index (χ2n) is 14.8. The van der Waals surface area contributed by atoms with Crippen molar-refractivity contribution in [3.63, 3.8) is 0 Å². The molecule has 0 fully saturated rings. The van der Waals surface area contributed by atoms with Gasteiger partial charge in [-0.15, -0.1) is 22.7 Å². The van der Waals surface area contributed by atoms with Crippen LogP contribution in [-0.2, 0) is 0 Å². The Kier molecular flexibility index (Phi) is 7.62. The number of benzene rings is 9. The maximum absolute atomic E-state index is 6.52. The maximum atomic E-state index is 6.52. The van der Waals surface area contributed by atoms with E-state index < -0.39 is 0 Å². The van der Waals surface area contributed by atoms with Crippen LogP contribution in [0.25, 0.3) is 95.7 Å². The summed E-state index contributed by atoms with van der Waals surface area (Å²) in [5.74, 6) is 0. The van der Waals surface area contributed by atoms with E-state index in [0.29, 0.717) is 0 Å². The van der Waals surface area contributed by atoms with Crippen LogP contribution in [0.5, 0.6) is 0 Å². The zero-order valence-electron chi connectivity index (χ0n) is 31.2. The highest BCUT2D eigenvalue weighted by Crippen LogP contribution is 2.50. The van der Waals surface area contributed by atoms with Gasteiger partial charge in [-0.05, 0) is 76.3 Å². The Morgan fingerprint density at radius 3 is 1.78 bits per heavy atom. The van der Waals surface area contributed by atoms with E-state index >= 15 is 0 Å². The van der Waals surface area contributed by atoms with Gasteiger partial charge in [0, 0.05) is 57.7 Å². The lowest BCUT2D eigenvalue weighted by atomic mass is 10.00. The van der Waals surface area contributed by atoms with Gasteiger partial charge in [0.05, 0.1) is 16.1 Å². The Morgan fingerprint density at radius 1 is 0.362 bits per heavy atom. The fourth-order valence-electron chi connectivity index (χ4n) is 8.80. The first kappa shape index (κ1) is 33.2. The third-order valence-electron chi connectivity index (χ3n) is 11.5. The summed E-state index contributed by atoms with van der Waals surface area (Å²) < 4.78 is 11.7. The average Bonchev–Trinajstić information content (AvgIpc) is 3.99. The molecule has 0 saturated carbocycles. The van der Waals surface area contributed by atoms with Gasteiger partial charge in [-0.3, -0.25) is 0 Å². The van der Waals surface area contributed by atoms with Crippen molar-refractivity contribution in [1.82, 2.24) is 0 Å². The minimum atomic E-state index is 0.896. The molecule has 272 valence electrons. The molecule has 3 aromatic heterocycles. The highest BCUT2D eigenvalue weighted by molar-refractivity contribution is 7.27. The summed E-state index contributed by atoms with van der Waals surface area (Å²) in [6.07, 6.45) is 0. The van der Waals surface area contributed by atoms with Crippen LogP contribution < -0.4 is 4.90 Å². The Labute approximate surface area is 343 Å². The van der Waals surface area contributed by atoms with Gasteiger partial charge in [-0.2, -0.15) is 0 Å². The monoisotopic (exact) mass is 775 g/mol. The minimum absolute atomic E-state index is 0.896. The third kappa shape index (κ3) is 5.23. The predicted molar refractivity (Wildman–Crippen MR) is 250 cm³/mol. The molecule has 0 aliphatic carbocycles. The Morgan fingerprint density at radius 2 is 0.966 bits per heavy atom. The van der Waals surface area contributed by atoms with Crippen LogP contribution in [0.2, 0.25) is 0 Å². The van der Waals surface area contributed by atoms with Gasteiger partial charge in [0.1, 0.15) is 11.2 Å². The van der Waals surface area contributed by atoms with Crippen LogP contribution in [0.15, 0.2) is 205 Å². The first-order valence-electron chi connectivity index (χ1n) is 19.6. The van der Waals surface area contributed by atoms with E-state index in [2.05, 4.69) is 205 Å². The fourth-order valence-corrected chi connectivity index (χ4v) is 11.3. The van der Waals surface area contributed by atoms with Crippen molar-refractivity contribution in [2.75, 3.05) is 4.90 Å². The van der Waals surface area contributed by atoms with Gasteiger partial charge in [0.25, 0.3) is 0 Å². The Hall–Kier alpha value is -6.98. The van der Waals surface area contributed by atoms with Crippen LogP contribution in [0, 0.1) is 0 Å². The van der Waals surface area contributed by atoms with E-state index in [1.807, 2.05) is 22.7 Å². The SMILES string of the molecule is c1ccc(-c2cccc3c2oc2ccc(-c4ccc(N(c5cccc6c5sc5c(-c7ccccc7)cccc56)c5cccc6sc7ccccc7c56)cc4)cc23)cc1. The molecule has 0 unspecified atom stereocenters. The molecule has 12 aromatic rings. The molecule has 0 radical (unpaired) electrons. The van der Waals surface area contributed by atoms with Gasteiger partial charge in [-0.25, -0.2) is 0 Å². The highest BCUT2D eigenvalue weighted by Gasteiger charge is 2.23. The second-order valence-corrected chi connectivity index (χ2v) is 16.9. The molecular formula is C54H33NOS2. The normalized spacial score (nSPS) is 11.8. The molecule has 4 heteroatoms. The van der Waals surface area contributed by atoms with Crippen molar-refractivity contribution < 1.29 is 4.42 Å². The summed E-state index contributed by atoms with van der Waals surface area (Å²) in [5, 5.41) is 7.38. The molecule has 2 nitrogen and oxygen atoms in total. The summed E-state index contributed by atoms with van der Waals surface area (Å²) in [6, 6.07) is 72.5. The molecule has 0 saturated heterocycles. The first-order chi connectivity index (χ1) is 28.8. The zero-order valence-corrected chi connectivity index (χ0v) is 32.9. The number of hydrogen-bond acceptors (Lipinski definition) is 4. The van der Waals surface area contributed by atoms with E-state index in [1.165, 1.54) is 62.8 Å². The van der Waals surface area contributed by atoms with Crippen molar-refractivity contribution in [2.24, 2.45) is 0 Å². The van der Waals surface area contributed by atoms with E-state index in [1.54, 1.807) is 0 Å². The molecule has 0 aliphatic heterocycles. The van der Waals surface area contributed by atoms with Gasteiger partial charge in [0.15, 0.2) is 0 Å². The topological polar surface area (TPSA) is 16.4 Å². The highest BCUT2D eigenvalue weighted by atomic mass is 32.1. The lowest BCUT2D eigenvalue weighted by Crippen LogP contribution is -2.10. The van der Waals surface area contributed by atoms with Crippen molar-refractivity contribution in [1.29, 1.82) is 0 Å². The molecule has 0 bridgehead atoms. The average molecular weight is 776 g/mol. The van der Waals surface area contributed by atoms with Gasteiger partial charge < -0.3 is 9.32 Å². The Balaban J connectivity index is 1.03. The fraction of sp³-hybridized carbons (Fsp3) is 0. The van der Waals surface area contributed by atoms with Crippen molar-refractivity contribution in [3.8, 4) is 33.4 Å². The van der Waals surface area contributed by atoms with E-state index in [0.717, 1.165) is 49.9 Å². The number of rotatable bonds is 6. The van der Waals surface area contributed by atoms with Crippen LogP contribution in [0.3, 0.4) is 0 Å². The lowest BCUT2D eigenvalue weighted by molar-refractivity contribution is 0.670. The Bertz CT molecular complexity index is 3500. The van der Waals surface area contributed by atoms with E-state index in [-0.39, 0.29) is 0 Å². The number of fused-ring (bicyclic) bond motifs is 9. The lowest BCUT2D eigenvalue weighted by Gasteiger charge is -2.27. The van der Waals surface area contributed by atoms with Crippen molar-refractivity contribution in [2.45, 2.75) is 0 Å². The summed E-state index contributed by atoms with van der Waals surface area (Å²) in [4.78, 5) is 2.49. The number of anilines is 3. The molecule has 0 N–H and O–H groups in total. The number of para-hydroxylation sites is 1. The van der Waals surface area contributed by atoms with Crippen LogP contribution in [-0.4, -0.2) is 0 Å².